The summed E-state index contributed by atoms with van der Waals surface area (Å²) in [5, 5.41) is 7.33. The molecule has 1 aromatic heterocycles. The predicted molar refractivity (Wildman–Crippen MR) is 94.9 cm³/mol. The van der Waals surface area contributed by atoms with Crippen LogP contribution in [0.15, 0.2) is 29.2 Å². The van der Waals surface area contributed by atoms with Crippen LogP contribution in [0.25, 0.3) is 6.08 Å². The Morgan fingerprint density at radius 2 is 2.00 bits per heavy atom. The van der Waals surface area contributed by atoms with Crippen molar-refractivity contribution in [1.82, 2.24) is 9.78 Å². The third kappa shape index (κ3) is 4.04. The van der Waals surface area contributed by atoms with E-state index in [9.17, 15) is 13.2 Å². The first-order chi connectivity index (χ1) is 11.1. The third-order valence-corrected chi connectivity index (χ3v) is 5.04. The molecule has 0 unspecified atom stereocenters. The van der Waals surface area contributed by atoms with Crippen LogP contribution in [-0.4, -0.2) is 30.4 Å². The average molecular weight is 368 g/mol. The number of anilines is 1. The van der Waals surface area contributed by atoms with E-state index in [4.69, 9.17) is 11.6 Å². The minimum atomic E-state index is -3.27. The summed E-state index contributed by atoms with van der Waals surface area (Å²) in [6.07, 6.45) is 4.10. The fourth-order valence-corrected chi connectivity index (χ4v) is 3.12. The second-order valence-electron chi connectivity index (χ2n) is 5.48. The Hall–Kier alpha value is -2.12. The molecule has 0 saturated carbocycles. The molecule has 1 heterocycles. The van der Waals surface area contributed by atoms with Crippen LogP contribution in [0.2, 0.25) is 5.15 Å². The summed E-state index contributed by atoms with van der Waals surface area (Å²) in [5.74, 6) is -0.343. The lowest BCUT2D eigenvalue weighted by Crippen LogP contribution is -2.09. The molecule has 2 rings (SSSR count). The molecule has 0 radical (unpaired) electrons. The number of sulfone groups is 1. The molecular weight excluding hydrogens is 350 g/mol. The lowest BCUT2D eigenvalue weighted by atomic mass is 10.2. The second-order valence-corrected chi connectivity index (χ2v) is 7.86. The van der Waals surface area contributed by atoms with E-state index in [1.165, 1.54) is 22.9 Å². The van der Waals surface area contributed by atoms with Crippen molar-refractivity contribution >= 4 is 39.1 Å². The van der Waals surface area contributed by atoms with Crippen LogP contribution in [0.3, 0.4) is 0 Å². The van der Waals surface area contributed by atoms with Crippen molar-refractivity contribution in [3.8, 4) is 0 Å². The number of hydrogen-bond donors (Lipinski definition) is 1. The second kappa shape index (κ2) is 6.78. The molecule has 0 fully saturated rings. The van der Waals surface area contributed by atoms with Gasteiger partial charge in [0.25, 0.3) is 0 Å². The van der Waals surface area contributed by atoms with Crippen LogP contribution >= 0.6 is 11.6 Å². The smallest absolute Gasteiger partial charge is 0.248 e. The summed E-state index contributed by atoms with van der Waals surface area (Å²) in [6.45, 7) is 3.54. The number of aryl methyl sites for hydroxylation is 3. The first kappa shape index (κ1) is 18.2. The van der Waals surface area contributed by atoms with E-state index < -0.39 is 9.84 Å². The van der Waals surface area contributed by atoms with Crippen LogP contribution in [0.4, 0.5) is 5.69 Å². The monoisotopic (exact) mass is 367 g/mol. The van der Waals surface area contributed by atoms with E-state index in [-0.39, 0.29) is 10.8 Å². The lowest BCUT2D eigenvalue weighted by Gasteiger charge is -2.08. The first-order valence-electron chi connectivity index (χ1n) is 7.08. The standard InChI is InChI=1S/C16H18ClN3O3S/c1-10-9-12(24(4,22)23)5-7-14(10)18-15(21)8-6-13-11(2)19-20(3)16(13)17/h5-9H,1-4H3,(H,18,21). The van der Waals surface area contributed by atoms with Crippen molar-refractivity contribution in [3.63, 3.8) is 0 Å². The summed E-state index contributed by atoms with van der Waals surface area (Å²) in [6, 6.07) is 4.56. The molecule has 0 aliphatic rings. The van der Waals surface area contributed by atoms with Crippen molar-refractivity contribution in [2.75, 3.05) is 11.6 Å². The van der Waals surface area contributed by atoms with E-state index >= 15 is 0 Å². The number of nitrogens with zero attached hydrogens (tertiary/aromatic N) is 2. The number of halogens is 1. The zero-order valence-corrected chi connectivity index (χ0v) is 15.4. The van der Waals surface area contributed by atoms with Gasteiger partial charge in [0.05, 0.1) is 10.6 Å². The molecule has 0 saturated heterocycles. The Labute approximate surface area is 146 Å². The Kier molecular flexibility index (Phi) is 5.15. The van der Waals surface area contributed by atoms with Crippen LogP contribution in [0, 0.1) is 13.8 Å². The zero-order chi connectivity index (χ0) is 18.1. The summed E-state index contributed by atoms with van der Waals surface area (Å²) < 4.78 is 24.6. The Balaban J connectivity index is 2.17. The average Bonchev–Trinajstić information content (AvgIpc) is 2.71. The number of amides is 1. The molecule has 0 atom stereocenters. The van der Waals surface area contributed by atoms with Gasteiger partial charge < -0.3 is 5.32 Å². The van der Waals surface area contributed by atoms with Crippen molar-refractivity contribution < 1.29 is 13.2 Å². The molecule has 1 aromatic carbocycles. The highest BCUT2D eigenvalue weighted by Crippen LogP contribution is 2.21. The molecule has 0 aliphatic heterocycles. The van der Waals surface area contributed by atoms with Gasteiger partial charge in [-0.25, -0.2) is 8.42 Å². The Morgan fingerprint density at radius 1 is 1.33 bits per heavy atom. The fraction of sp³-hybridized carbons (Fsp3) is 0.250. The number of hydrogen-bond acceptors (Lipinski definition) is 4. The van der Waals surface area contributed by atoms with Crippen LogP contribution < -0.4 is 5.32 Å². The minimum Gasteiger partial charge on any atom is -0.322 e. The zero-order valence-electron chi connectivity index (χ0n) is 13.8. The number of rotatable bonds is 4. The minimum absolute atomic E-state index is 0.214. The van der Waals surface area contributed by atoms with Gasteiger partial charge >= 0.3 is 0 Å². The quantitative estimate of drug-likeness (QED) is 0.842. The van der Waals surface area contributed by atoms with E-state index in [0.29, 0.717) is 22.0 Å². The normalized spacial score (nSPS) is 11.9. The van der Waals surface area contributed by atoms with Gasteiger partial charge in [-0.1, -0.05) is 11.6 Å². The van der Waals surface area contributed by atoms with Gasteiger partial charge in [0.15, 0.2) is 9.84 Å². The summed E-state index contributed by atoms with van der Waals surface area (Å²) in [5.41, 5.74) is 2.61. The molecule has 8 heteroatoms. The molecule has 2 aromatic rings. The maximum atomic E-state index is 12.1. The summed E-state index contributed by atoms with van der Waals surface area (Å²) in [7, 11) is -1.55. The van der Waals surface area contributed by atoms with Gasteiger partial charge in [0, 0.05) is 30.6 Å². The van der Waals surface area contributed by atoms with Crippen molar-refractivity contribution in [1.29, 1.82) is 0 Å². The molecule has 128 valence electrons. The maximum absolute atomic E-state index is 12.1. The molecule has 0 bridgehead atoms. The van der Waals surface area contributed by atoms with E-state index in [1.54, 1.807) is 33.0 Å². The van der Waals surface area contributed by atoms with E-state index in [2.05, 4.69) is 10.4 Å². The third-order valence-electron chi connectivity index (χ3n) is 3.48. The van der Waals surface area contributed by atoms with Gasteiger partial charge in [-0.05, 0) is 43.7 Å². The highest BCUT2D eigenvalue weighted by molar-refractivity contribution is 7.90. The molecule has 1 amide bonds. The molecule has 24 heavy (non-hydrogen) atoms. The highest BCUT2D eigenvalue weighted by Gasteiger charge is 2.11. The number of aromatic nitrogens is 2. The fourth-order valence-electron chi connectivity index (χ4n) is 2.18. The number of nitrogens with one attached hydrogen (secondary N) is 1. The molecule has 1 N–H and O–H groups in total. The SMILES string of the molecule is Cc1cc(S(C)(=O)=O)ccc1NC(=O)C=Cc1c(C)nn(C)c1Cl. The van der Waals surface area contributed by atoms with Gasteiger partial charge in [0.1, 0.15) is 5.15 Å². The predicted octanol–water partition coefficient (Wildman–Crippen LogP) is 2.75. The van der Waals surface area contributed by atoms with Gasteiger partial charge in [-0.2, -0.15) is 5.10 Å². The topological polar surface area (TPSA) is 81.1 Å². The van der Waals surface area contributed by atoms with Crippen molar-refractivity contribution in [2.24, 2.45) is 7.05 Å². The van der Waals surface area contributed by atoms with Crippen LogP contribution in [-0.2, 0) is 21.7 Å². The highest BCUT2D eigenvalue weighted by atomic mass is 35.5. The van der Waals surface area contributed by atoms with Gasteiger partial charge in [0.2, 0.25) is 5.91 Å². The van der Waals surface area contributed by atoms with Crippen LogP contribution in [0.1, 0.15) is 16.8 Å². The number of benzene rings is 1. The van der Waals surface area contributed by atoms with Gasteiger partial charge in [-0.3, -0.25) is 9.48 Å². The van der Waals surface area contributed by atoms with Crippen LogP contribution in [0.5, 0.6) is 0 Å². The number of carbonyl (C=O) groups excluding carboxylic acids is 1. The Bertz CT molecular complexity index is 930. The maximum Gasteiger partial charge on any atom is 0.248 e. The number of carbonyl (C=O) groups is 1. The Morgan fingerprint density at radius 3 is 2.50 bits per heavy atom. The van der Waals surface area contributed by atoms with Crippen molar-refractivity contribution in [2.45, 2.75) is 18.7 Å². The summed E-state index contributed by atoms with van der Waals surface area (Å²) in [4.78, 5) is 12.3. The van der Waals surface area contributed by atoms with Crippen molar-refractivity contribution in [3.05, 3.63) is 46.2 Å². The lowest BCUT2D eigenvalue weighted by molar-refractivity contribution is -0.111. The molecule has 0 spiro atoms. The van der Waals surface area contributed by atoms with E-state index in [1.807, 2.05) is 0 Å². The molecule has 0 aliphatic carbocycles. The molecule has 6 nitrogen and oxygen atoms in total. The van der Waals surface area contributed by atoms with Gasteiger partial charge in [-0.15, -0.1) is 0 Å². The van der Waals surface area contributed by atoms with E-state index in [0.717, 1.165) is 11.9 Å². The largest absolute Gasteiger partial charge is 0.322 e. The summed E-state index contributed by atoms with van der Waals surface area (Å²) >= 11 is 6.10. The molecular formula is C16H18ClN3O3S. The first-order valence-corrected chi connectivity index (χ1v) is 9.35.